The number of phenols is 1. The van der Waals surface area contributed by atoms with E-state index in [0.29, 0.717) is 50.8 Å². The first-order valence-corrected chi connectivity index (χ1v) is 22.0. The lowest BCUT2D eigenvalue weighted by atomic mass is 9.86. The van der Waals surface area contributed by atoms with E-state index in [2.05, 4.69) is 26.1 Å². The molecule has 0 aliphatic carbocycles. The van der Waals surface area contributed by atoms with Crippen LogP contribution in [-0.2, 0) is 37.6 Å². The number of likely N-dealkylation sites (N-methyl/N-ethyl adjacent to an activating group) is 1. The number of nitriles is 1. The van der Waals surface area contributed by atoms with Crippen molar-refractivity contribution in [3.63, 3.8) is 0 Å². The number of aromatic hydroxyl groups is 1. The van der Waals surface area contributed by atoms with Gasteiger partial charge in [-0.15, -0.1) is 0 Å². The fraction of sp³-hybridized carbons (Fsp3) is 0.440. The fourth-order valence-corrected chi connectivity index (χ4v) is 8.38. The lowest BCUT2D eigenvalue weighted by molar-refractivity contribution is -0.142. The summed E-state index contributed by atoms with van der Waals surface area (Å²) in [5.41, 5.74) is 23.2. The summed E-state index contributed by atoms with van der Waals surface area (Å²) in [5, 5.41) is 23.5. The number of ether oxygens (including phenoxy) is 1. The van der Waals surface area contributed by atoms with Gasteiger partial charge in [-0.3, -0.25) is 24.0 Å². The van der Waals surface area contributed by atoms with E-state index in [9.17, 15) is 34.3 Å². The molecular weight excluding hydrogens is 857 g/mol. The summed E-state index contributed by atoms with van der Waals surface area (Å²) in [7, 11) is 1.47. The van der Waals surface area contributed by atoms with E-state index in [4.69, 9.17) is 31.9 Å². The number of fused-ring (bicyclic) bond motifs is 5. The van der Waals surface area contributed by atoms with E-state index in [0.717, 1.165) is 11.1 Å². The Morgan fingerprint density at radius 3 is 2.23 bits per heavy atom. The number of phenolic OH excluding ortho intramolecular Hbond substituents is 1. The van der Waals surface area contributed by atoms with Crippen LogP contribution in [0.25, 0.3) is 22.5 Å². The molecule has 2 heterocycles. The van der Waals surface area contributed by atoms with Gasteiger partial charge in [0.25, 0.3) is 0 Å². The molecule has 8 N–H and O–H groups in total. The summed E-state index contributed by atoms with van der Waals surface area (Å²) in [6.07, 6.45) is -0.649. The van der Waals surface area contributed by atoms with Gasteiger partial charge in [-0.2, -0.15) is 18.8 Å². The van der Waals surface area contributed by atoms with Crippen molar-refractivity contribution in [2.75, 3.05) is 26.7 Å². The maximum Gasteiger partial charge on any atom is 0.226 e. The minimum absolute atomic E-state index is 0. The minimum Gasteiger partial charge on any atom is -0.507 e. The second-order valence-corrected chi connectivity index (χ2v) is 17.9. The molecule has 5 rings (SSSR count). The van der Waals surface area contributed by atoms with Crippen molar-refractivity contribution in [1.82, 2.24) is 20.2 Å². The van der Waals surface area contributed by atoms with Crippen LogP contribution in [0, 0.1) is 37.0 Å². The first kappa shape index (κ1) is 52.6. The molecule has 1 aromatic heterocycles. The van der Waals surface area contributed by atoms with E-state index < -0.39 is 41.5 Å². The van der Waals surface area contributed by atoms with Crippen LogP contribution in [0.4, 0.5) is 0 Å². The molecular formula is C50H64N8O7S. The number of aryl methyl sites for hydroxylation is 2. The SMILES string of the molecule is Cc1nc(-c2ccc(C(C)(C)C)cc2)nc(C)c1C(=O)C[C@@H](CCN)C(=O)N(C)[C@@H]1C(=O)C[C@@H](C)C(=O)N[C@H](C(=O)CCC#N)Cc2cc(c(O)cc2CN)-c2cc1ccc2OCCN.S. The van der Waals surface area contributed by atoms with Gasteiger partial charge in [-0.1, -0.05) is 58.0 Å². The zero-order chi connectivity index (χ0) is 47.7. The highest BCUT2D eigenvalue weighted by Crippen LogP contribution is 2.41. The molecule has 0 unspecified atom stereocenters. The fourth-order valence-electron chi connectivity index (χ4n) is 8.38. The van der Waals surface area contributed by atoms with Crippen molar-refractivity contribution >= 4 is 42.7 Å². The number of amides is 2. The quantitative estimate of drug-likeness (QED) is 0.0913. The summed E-state index contributed by atoms with van der Waals surface area (Å²) < 4.78 is 6.04. The molecule has 15 nitrogen and oxygen atoms in total. The van der Waals surface area contributed by atoms with Crippen molar-refractivity contribution in [2.24, 2.45) is 29.0 Å². The largest absolute Gasteiger partial charge is 0.507 e. The van der Waals surface area contributed by atoms with Crippen molar-refractivity contribution < 1.29 is 33.8 Å². The molecule has 1 aliphatic rings. The Kier molecular flexibility index (Phi) is 18.3. The van der Waals surface area contributed by atoms with Crippen LogP contribution in [0.2, 0.25) is 0 Å². The zero-order valence-electron chi connectivity index (χ0n) is 39.0. The van der Waals surface area contributed by atoms with E-state index in [1.54, 1.807) is 45.0 Å². The number of aromatic nitrogens is 2. The molecule has 1 aliphatic heterocycles. The number of nitrogens with one attached hydrogen (secondary N) is 1. The van der Waals surface area contributed by atoms with Gasteiger partial charge >= 0.3 is 0 Å². The normalized spacial score (nSPS) is 16.8. The van der Waals surface area contributed by atoms with Gasteiger partial charge in [0.05, 0.1) is 29.1 Å². The average Bonchev–Trinajstić information content (AvgIpc) is 3.26. The van der Waals surface area contributed by atoms with Gasteiger partial charge in [0.2, 0.25) is 11.8 Å². The van der Waals surface area contributed by atoms with Crippen LogP contribution in [0.5, 0.6) is 11.5 Å². The third kappa shape index (κ3) is 12.3. The molecule has 4 atom stereocenters. The first-order chi connectivity index (χ1) is 30.8. The van der Waals surface area contributed by atoms with Gasteiger partial charge in [-0.05, 0) is 78.7 Å². The van der Waals surface area contributed by atoms with Crippen LogP contribution in [0.15, 0.2) is 54.6 Å². The standard InChI is InChI=1S/C50H62N8O7.H2S/c1-28-21-43(62)46(58(7)49(64)33(16-18-52)25-42(61)45-29(2)55-47(56-30(45)3)31-10-13-36(14-11-31)50(4,5)6)32-12-15-44(65-20-19-53)38(22-32)37-23-34(35(27-54)26-41(37)60)24-39(57-48(28)63)40(59)9-8-17-51;/h10-15,22-23,26,28,33,39,46,60H,8-9,16,18-21,24-25,27,52-54H2,1-7H3,(H,57,63);1H2/t28-,33-,39+,46+;/m1./s1. The summed E-state index contributed by atoms with van der Waals surface area (Å²) in [4.78, 5) is 81.6. The van der Waals surface area contributed by atoms with E-state index in [1.165, 1.54) is 18.0 Å². The number of benzene rings is 3. The summed E-state index contributed by atoms with van der Waals surface area (Å²) >= 11 is 0. The Morgan fingerprint density at radius 1 is 0.970 bits per heavy atom. The molecule has 3 aromatic carbocycles. The molecule has 0 spiro atoms. The van der Waals surface area contributed by atoms with Gasteiger partial charge in [0, 0.05) is 80.8 Å². The average molecular weight is 921 g/mol. The molecule has 16 heteroatoms. The van der Waals surface area contributed by atoms with Gasteiger partial charge < -0.3 is 37.3 Å². The molecule has 352 valence electrons. The number of rotatable bonds is 15. The van der Waals surface area contributed by atoms with Gasteiger partial charge in [0.1, 0.15) is 24.1 Å². The third-order valence-electron chi connectivity index (χ3n) is 12.0. The number of hydrogen-bond donors (Lipinski definition) is 5. The summed E-state index contributed by atoms with van der Waals surface area (Å²) in [6.45, 7) is 11.8. The molecule has 0 saturated heterocycles. The topological polar surface area (TPSA) is 258 Å². The molecule has 0 saturated carbocycles. The third-order valence-corrected chi connectivity index (χ3v) is 12.0. The minimum atomic E-state index is -1.29. The molecule has 4 bridgehead atoms. The van der Waals surface area contributed by atoms with Crippen LogP contribution in [0.3, 0.4) is 0 Å². The Hall–Kier alpha value is -5.99. The number of carbonyl (C=O) groups is 5. The van der Waals surface area contributed by atoms with Crippen molar-refractivity contribution in [1.29, 1.82) is 5.26 Å². The van der Waals surface area contributed by atoms with Crippen molar-refractivity contribution in [2.45, 2.75) is 104 Å². The number of carbonyl (C=O) groups excluding carboxylic acids is 5. The Labute approximate surface area is 394 Å². The van der Waals surface area contributed by atoms with E-state index in [1.807, 2.05) is 30.3 Å². The lowest BCUT2D eigenvalue weighted by Gasteiger charge is -2.32. The Bertz CT molecular complexity index is 2460. The van der Waals surface area contributed by atoms with E-state index >= 15 is 0 Å². The Morgan fingerprint density at radius 2 is 1.64 bits per heavy atom. The highest BCUT2D eigenvalue weighted by atomic mass is 32.1. The number of hydrogen-bond acceptors (Lipinski definition) is 13. The van der Waals surface area contributed by atoms with Crippen molar-refractivity contribution in [3.05, 3.63) is 93.8 Å². The maximum absolute atomic E-state index is 14.8. The van der Waals surface area contributed by atoms with Crippen LogP contribution < -0.4 is 27.3 Å². The number of nitrogens with zero attached hydrogens (tertiary/aromatic N) is 4. The number of nitrogens with two attached hydrogens (primary N) is 3. The van der Waals surface area contributed by atoms with Crippen molar-refractivity contribution in [3.8, 4) is 40.1 Å². The molecule has 66 heavy (non-hydrogen) atoms. The van der Waals surface area contributed by atoms with Crippen LogP contribution >= 0.6 is 13.5 Å². The predicted molar refractivity (Wildman–Crippen MR) is 258 cm³/mol. The second kappa shape index (κ2) is 23.0. The van der Waals surface area contributed by atoms with Crippen LogP contribution in [-0.4, -0.2) is 81.9 Å². The number of Topliss-reactive ketones (excluding diaryl/α,β-unsaturated/α-hetero) is 3. The predicted octanol–water partition coefficient (Wildman–Crippen LogP) is 5.59. The monoisotopic (exact) mass is 920 g/mol. The number of ketones is 3. The van der Waals surface area contributed by atoms with Gasteiger partial charge in [0.15, 0.2) is 23.2 Å². The molecule has 4 aromatic rings. The summed E-state index contributed by atoms with van der Waals surface area (Å²) in [5.74, 6) is -3.63. The Balaban J connectivity index is 0.00000952. The van der Waals surface area contributed by atoms with E-state index in [-0.39, 0.29) is 107 Å². The molecule has 0 radical (unpaired) electrons. The summed E-state index contributed by atoms with van der Waals surface area (Å²) in [6, 6.07) is 15.6. The second-order valence-electron chi connectivity index (χ2n) is 17.9. The maximum atomic E-state index is 14.8. The van der Waals surface area contributed by atoms with Crippen LogP contribution in [0.1, 0.15) is 110 Å². The first-order valence-electron chi connectivity index (χ1n) is 22.0. The lowest BCUT2D eigenvalue weighted by Crippen LogP contribution is -2.46. The highest BCUT2D eigenvalue weighted by Gasteiger charge is 2.37. The molecule has 0 fully saturated rings. The highest BCUT2D eigenvalue weighted by molar-refractivity contribution is 7.59. The smallest absolute Gasteiger partial charge is 0.226 e. The molecule has 2 amide bonds. The van der Waals surface area contributed by atoms with Gasteiger partial charge in [-0.25, -0.2) is 9.97 Å². The zero-order valence-corrected chi connectivity index (χ0v) is 40.0.